The predicted molar refractivity (Wildman–Crippen MR) is 50.2 cm³/mol. The summed E-state index contributed by atoms with van der Waals surface area (Å²) in [7, 11) is 0. The summed E-state index contributed by atoms with van der Waals surface area (Å²) in [6, 6.07) is -1.21. The lowest BCUT2D eigenvalue weighted by Crippen LogP contribution is -2.27. The van der Waals surface area contributed by atoms with Gasteiger partial charge in [0.2, 0.25) is 0 Å². The zero-order chi connectivity index (χ0) is 10.9. The molecule has 0 radical (unpaired) electrons. The van der Waals surface area contributed by atoms with E-state index in [2.05, 4.69) is 4.98 Å². The van der Waals surface area contributed by atoms with E-state index in [1.807, 2.05) is 0 Å². The highest BCUT2D eigenvalue weighted by Gasteiger charge is 2.32. The molecule has 2 unspecified atom stereocenters. The van der Waals surface area contributed by atoms with E-state index >= 15 is 0 Å². The monoisotopic (exact) mass is 203 g/mol. The molecule has 5 heteroatoms. The molecule has 1 aromatic heterocycles. The van der Waals surface area contributed by atoms with Crippen LogP contribution in [0, 0.1) is 0 Å². The largest absolute Gasteiger partial charge is 0.324 e. The number of hydrogen-bond donors (Lipinski definition) is 1. The maximum atomic E-state index is 13.0. The molecular weight excluding hydrogens is 188 g/mol. The number of alkyl halides is 2. The SMILES string of the molecule is CC(N)c1cncn1C(C)C(C)(F)F. The molecule has 0 saturated carbocycles. The second-order valence-electron chi connectivity index (χ2n) is 3.65. The van der Waals surface area contributed by atoms with E-state index in [0.29, 0.717) is 5.69 Å². The van der Waals surface area contributed by atoms with E-state index in [1.165, 1.54) is 24.0 Å². The molecule has 0 spiro atoms. The maximum Gasteiger partial charge on any atom is 0.265 e. The number of imidazole rings is 1. The smallest absolute Gasteiger partial charge is 0.265 e. The number of halogens is 2. The lowest BCUT2D eigenvalue weighted by molar-refractivity contribution is -0.0269. The fourth-order valence-electron chi connectivity index (χ4n) is 1.24. The van der Waals surface area contributed by atoms with E-state index in [-0.39, 0.29) is 6.04 Å². The second kappa shape index (κ2) is 3.65. The van der Waals surface area contributed by atoms with Crippen LogP contribution in [0.25, 0.3) is 0 Å². The summed E-state index contributed by atoms with van der Waals surface area (Å²) >= 11 is 0. The van der Waals surface area contributed by atoms with Crippen molar-refractivity contribution in [3.8, 4) is 0 Å². The third-order valence-electron chi connectivity index (χ3n) is 2.31. The van der Waals surface area contributed by atoms with E-state index in [1.54, 1.807) is 6.92 Å². The first-order valence-corrected chi connectivity index (χ1v) is 4.49. The molecule has 0 aliphatic carbocycles. The van der Waals surface area contributed by atoms with Crippen LogP contribution in [-0.2, 0) is 0 Å². The molecule has 0 fully saturated rings. The molecule has 80 valence electrons. The van der Waals surface area contributed by atoms with Gasteiger partial charge in [-0.3, -0.25) is 0 Å². The lowest BCUT2D eigenvalue weighted by Gasteiger charge is -2.23. The van der Waals surface area contributed by atoms with Crippen LogP contribution < -0.4 is 5.73 Å². The van der Waals surface area contributed by atoms with Crippen molar-refractivity contribution in [1.82, 2.24) is 9.55 Å². The minimum Gasteiger partial charge on any atom is -0.324 e. The van der Waals surface area contributed by atoms with Crippen molar-refractivity contribution in [2.75, 3.05) is 0 Å². The summed E-state index contributed by atoms with van der Waals surface area (Å²) in [4.78, 5) is 3.83. The topological polar surface area (TPSA) is 43.8 Å². The van der Waals surface area contributed by atoms with Crippen molar-refractivity contribution in [3.05, 3.63) is 18.2 Å². The number of nitrogens with zero attached hydrogens (tertiary/aromatic N) is 2. The van der Waals surface area contributed by atoms with Gasteiger partial charge < -0.3 is 10.3 Å². The summed E-state index contributed by atoms with van der Waals surface area (Å²) in [5, 5.41) is 0. The first-order valence-electron chi connectivity index (χ1n) is 4.49. The molecule has 1 heterocycles. The zero-order valence-corrected chi connectivity index (χ0v) is 8.54. The third-order valence-corrected chi connectivity index (χ3v) is 2.31. The zero-order valence-electron chi connectivity index (χ0n) is 8.54. The normalized spacial score (nSPS) is 16.7. The molecule has 0 aromatic carbocycles. The fourth-order valence-corrected chi connectivity index (χ4v) is 1.24. The van der Waals surface area contributed by atoms with Crippen molar-refractivity contribution < 1.29 is 8.78 Å². The third kappa shape index (κ3) is 2.09. The lowest BCUT2D eigenvalue weighted by atomic mass is 10.1. The van der Waals surface area contributed by atoms with Crippen LogP contribution in [0.1, 0.15) is 38.5 Å². The Hall–Kier alpha value is -0.970. The van der Waals surface area contributed by atoms with Crippen molar-refractivity contribution in [1.29, 1.82) is 0 Å². The Bertz CT molecular complexity index is 301. The van der Waals surface area contributed by atoms with Crippen LogP contribution in [0.2, 0.25) is 0 Å². The highest BCUT2D eigenvalue weighted by atomic mass is 19.3. The number of aromatic nitrogens is 2. The average molecular weight is 203 g/mol. The Balaban J connectivity index is 3.01. The van der Waals surface area contributed by atoms with Gasteiger partial charge >= 0.3 is 0 Å². The molecule has 1 rings (SSSR count). The fraction of sp³-hybridized carbons (Fsp3) is 0.667. The van der Waals surface area contributed by atoms with Gasteiger partial charge in [0, 0.05) is 19.2 Å². The maximum absolute atomic E-state index is 13.0. The first kappa shape index (κ1) is 11.1. The van der Waals surface area contributed by atoms with Crippen LogP contribution in [0.15, 0.2) is 12.5 Å². The van der Waals surface area contributed by atoms with Crippen LogP contribution in [0.3, 0.4) is 0 Å². The number of hydrogen-bond acceptors (Lipinski definition) is 2. The molecule has 0 bridgehead atoms. The molecule has 0 amide bonds. The van der Waals surface area contributed by atoms with Crippen LogP contribution in [0.4, 0.5) is 8.78 Å². The molecule has 3 nitrogen and oxygen atoms in total. The minimum atomic E-state index is -2.77. The summed E-state index contributed by atoms with van der Waals surface area (Å²) < 4.78 is 27.5. The number of rotatable bonds is 3. The van der Waals surface area contributed by atoms with Crippen molar-refractivity contribution in [2.24, 2.45) is 5.73 Å². The predicted octanol–water partition coefficient (Wildman–Crippen LogP) is 2.12. The Morgan fingerprint density at radius 1 is 1.50 bits per heavy atom. The van der Waals surface area contributed by atoms with Gasteiger partial charge in [0.15, 0.2) is 0 Å². The van der Waals surface area contributed by atoms with E-state index < -0.39 is 12.0 Å². The van der Waals surface area contributed by atoms with Gasteiger partial charge in [0.25, 0.3) is 5.92 Å². The van der Waals surface area contributed by atoms with Gasteiger partial charge in [0.1, 0.15) is 0 Å². The van der Waals surface area contributed by atoms with Gasteiger partial charge in [-0.25, -0.2) is 13.8 Å². The van der Waals surface area contributed by atoms with Gasteiger partial charge in [-0.05, 0) is 13.8 Å². The molecule has 0 aliphatic rings. The van der Waals surface area contributed by atoms with Crippen LogP contribution in [0.5, 0.6) is 0 Å². The Morgan fingerprint density at radius 2 is 2.07 bits per heavy atom. The highest BCUT2D eigenvalue weighted by molar-refractivity contribution is 5.05. The van der Waals surface area contributed by atoms with E-state index in [9.17, 15) is 8.78 Å². The Kier molecular flexibility index (Phi) is 2.89. The minimum absolute atomic E-state index is 0.290. The highest BCUT2D eigenvalue weighted by Crippen LogP contribution is 2.29. The average Bonchev–Trinajstić information content (AvgIpc) is 2.48. The summed E-state index contributed by atoms with van der Waals surface area (Å²) in [5.41, 5.74) is 6.26. The molecule has 2 atom stereocenters. The molecule has 0 saturated heterocycles. The van der Waals surface area contributed by atoms with Gasteiger partial charge in [0.05, 0.1) is 18.1 Å². The van der Waals surface area contributed by atoms with E-state index in [0.717, 1.165) is 6.92 Å². The molecule has 1 aromatic rings. The van der Waals surface area contributed by atoms with Crippen molar-refractivity contribution in [3.63, 3.8) is 0 Å². The van der Waals surface area contributed by atoms with E-state index in [4.69, 9.17) is 5.73 Å². The van der Waals surface area contributed by atoms with Gasteiger partial charge in [-0.15, -0.1) is 0 Å². The first-order chi connectivity index (χ1) is 6.34. The van der Waals surface area contributed by atoms with Crippen molar-refractivity contribution >= 4 is 0 Å². The molecule has 14 heavy (non-hydrogen) atoms. The van der Waals surface area contributed by atoms with Gasteiger partial charge in [-0.1, -0.05) is 0 Å². The van der Waals surface area contributed by atoms with Crippen LogP contribution >= 0.6 is 0 Å². The number of nitrogens with two attached hydrogens (primary N) is 1. The van der Waals surface area contributed by atoms with Crippen molar-refractivity contribution in [2.45, 2.75) is 38.8 Å². The standard InChI is InChI=1S/C9H15F2N3/c1-6(12)8-4-13-5-14(8)7(2)9(3,10)11/h4-7H,12H2,1-3H3. The molecule has 0 aliphatic heterocycles. The molecule has 2 N–H and O–H groups in total. The van der Waals surface area contributed by atoms with Crippen LogP contribution in [-0.4, -0.2) is 15.5 Å². The Morgan fingerprint density at radius 3 is 2.50 bits per heavy atom. The van der Waals surface area contributed by atoms with Gasteiger partial charge in [-0.2, -0.15) is 0 Å². The second-order valence-corrected chi connectivity index (χ2v) is 3.65. The summed E-state index contributed by atoms with van der Waals surface area (Å²) in [6.45, 7) is 4.09. The quantitative estimate of drug-likeness (QED) is 0.817. The molecular formula is C9H15F2N3. The Labute approximate surface area is 81.9 Å². The summed E-state index contributed by atoms with van der Waals surface area (Å²) in [5.74, 6) is -2.77. The summed E-state index contributed by atoms with van der Waals surface area (Å²) in [6.07, 6.45) is 2.91.